The van der Waals surface area contributed by atoms with Crippen molar-refractivity contribution in [1.29, 1.82) is 0 Å². The molecule has 1 atom stereocenters. The van der Waals surface area contributed by atoms with Gasteiger partial charge in [-0.2, -0.15) is 0 Å². The molecule has 1 N–H and O–H groups in total. The smallest absolute Gasteiger partial charge is 0.222 e. The quantitative estimate of drug-likeness (QED) is 0.675. The third kappa shape index (κ3) is 3.50. The molecule has 3 heteroatoms. The second-order valence-corrected chi connectivity index (χ2v) is 3.78. The van der Waals surface area contributed by atoms with Gasteiger partial charge in [0.15, 0.2) is 0 Å². The van der Waals surface area contributed by atoms with Crippen LogP contribution in [0.5, 0.6) is 0 Å². The van der Waals surface area contributed by atoms with Crippen LogP contribution in [0.4, 0.5) is 0 Å². The number of carbonyl (C=O) groups is 1. The molecule has 3 nitrogen and oxygen atoms in total. The number of aliphatic hydroxyl groups excluding tert-OH is 1. The number of likely N-dealkylation sites (tertiary alicyclic amines) is 1. The lowest BCUT2D eigenvalue weighted by Crippen LogP contribution is -2.27. The van der Waals surface area contributed by atoms with Crippen LogP contribution in [-0.2, 0) is 4.79 Å². The number of rotatable bonds is 5. The summed E-state index contributed by atoms with van der Waals surface area (Å²) in [5.41, 5.74) is 0. The summed E-state index contributed by atoms with van der Waals surface area (Å²) in [6, 6.07) is 0. The topological polar surface area (TPSA) is 40.5 Å². The Morgan fingerprint density at radius 2 is 2.14 bits per heavy atom. The van der Waals surface area contributed by atoms with E-state index >= 15 is 0 Å². The minimum Gasteiger partial charge on any atom is -0.389 e. The summed E-state index contributed by atoms with van der Waals surface area (Å²) in [7, 11) is 0. The largest absolute Gasteiger partial charge is 0.389 e. The maximum absolute atomic E-state index is 11.5. The third-order valence-electron chi connectivity index (χ3n) is 2.62. The van der Waals surface area contributed by atoms with Crippen molar-refractivity contribution < 1.29 is 9.90 Å². The van der Waals surface area contributed by atoms with Gasteiger partial charge in [0.25, 0.3) is 0 Å². The van der Waals surface area contributed by atoms with Crippen molar-refractivity contribution in [3.63, 3.8) is 0 Å². The lowest BCUT2D eigenvalue weighted by molar-refractivity contribution is -0.130. The van der Waals surface area contributed by atoms with Gasteiger partial charge >= 0.3 is 0 Å². The minimum atomic E-state index is -0.457. The molecule has 1 aliphatic rings. The fraction of sp³-hybridized carbons (Fsp3) is 0.727. The SMILES string of the molecule is C=CC(O)CCCC(=O)N1CCCC1. The lowest BCUT2D eigenvalue weighted by Gasteiger charge is -2.15. The Bertz CT molecular complexity index is 197. The van der Waals surface area contributed by atoms with E-state index in [4.69, 9.17) is 0 Å². The van der Waals surface area contributed by atoms with Crippen LogP contribution >= 0.6 is 0 Å². The fourth-order valence-corrected chi connectivity index (χ4v) is 1.70. The summed E-state index contributed by atoms with van der Waals surface area (Å²) in [4.78, 5) is 13.5. The Morgan fingerprint density at radius 1 is 1.50 bits per heavy atom. The minimum absolute atomic E-state index is 0.235. The van der Waals surface area contributed by atoms with Crippen molar-refractivity contribution in [3.8, 4) is 0 Å². The zero-order valence-corrected chi connectivity index (χ0v) is 8.61. The van der Waals surface area contributed by atoms with Gasteiger partial charge in [-0.25, -0.2) is 0 Å². The van der Waals surface area contributed by atoms with Gasteiger partial charge in [0, 0.05) is 19.5 Å². The molecule has 0 bridgehead atoms. The van der Waals surface area contributed by atoms with Crippen molar-refractivity contribution in [2.24, 2.45) is 0 Å². The number of amides is 1. The van der Waals surface area contributed by atoms with E-state index in [0.717, 1.165) is 32.4 Å². The van der Waals surface area contributed by atoms with Crippen molar-refractivity contribution in [2.75, 3.05) is 13.1 Å². The Balaban J connectivity index is 2.11. The molecule has 0 aromatic carbocycles. The van der Waals surface area contributed by atoms with Crippen molar-refractivity contribution in [3.05, 3.63) is 12.7 Å². The average molecular weight is 197 g/mol. The fourth-order valence-electron chi connectivity index (χ4n) is 1.70. The molecular weight excluding hydrogens is 178 g/mol. The molecule has 0 aliphatic carbocycles. The molecule has 1 fully saturated rings. The molecule has 0 spiro atoms. The second kappa shape index (κ2) is 5.81. The van der Waals surface area contributed by atoms with E-state index in [0.29, 0.717) is 12.8 Å². The summed E-state index contributed by atoms with van der Waals surface area (Å²) in [6.45, 7) is 5.33. The highest BCUT2D eigenvalue weighted by Crippen LogP contribution is 2.11. The first kappa shape index (κ1) is 11.2. The summed E-state index contributed by atoms with van der Waals surface area (Å²) < 4.78 is 0. The van der Waals surface area contributed by atoms with Gasteiger partial charge in [0.2, 0.25) is 5.91 Å². The number of nitrogens with zero attached hydrogens (tertiary/aromatic N) is 1. The van der Waals surface area contributed by atoms with Gasteiger partial charge in [0.1, 0.15) is 0 Å². The van der Waals surface area contributed by atoms with Crippen LogP contribution < -0.4 is 0 Å². The molecule has 0 saturated carbocycles. The molecule has 1 saturated heterocycles. The first-order valence-corrected chi connectivity index (χ1v) is 5.32. The molecule has 1 heterocycles. The maximum atomic E-state index is 11.5. The van der Waals surface area contributed by atoms with Crippen LogP contribution in [0.2, 0.25) is 0 Å². The van der Waals surface area contributed by atoms with Crippen LogP contribution in [0.3, 0.4) is 0 Å². The molecule has 1 unspecified atom stereocenters. The lowest BCUT2D eigenvalue weighted by atomic mass is 10.1. The number of hydrogen-bond acceptors (Lipinski definition) is 2. The Labute approximate surface area is 85.4 Å². The molecule has 1 amide bonds. The Hall–Kier alpha value is -0.830. The highest BCUT2D eigenvalue weighted by Gasteiger charge is 2.17. The van der Waals surface area contributed by atoms with Crippen molar-refractivity contribution >= 4 is 5.91 Å². The standard InChI is InChI=1S/C11H19NO2/c1-2-10(13)6-5-7-11(14)12-8-3-4-9-12/h2,10,13H,1,3-9H2. The zero-order valence-electron chi connectivity index (χ0n) is 8.61. The summed E-state index contributed by atoms with van der Waals surface area (Å²) in [5.74, 6) is 0.235. The van der Waals surface area contributed by atoms with Gasteiger partial charge in [-0.1, -0.05) is 6.08 Å². The van der Waals surface area contributed by atoms with Gasteiger partial charge in [0.05, 0.1) is 6.10 Å². The third-order valence-corrected chi connectivity index (χ3v) is 2.62. The summed E-state index contributed by atoms with van der Waals surface area (Å²) in [6.07, 6.45) is 5.29. The van der Waals surface area contributed by atoms with E-state index in [-0.39, 0.29) is 5.91 Å². The van der Waals surface area contributed by atoms with Crippen LogP contribution in [0.1, 0.15) is 32.1 Å². The number of hydrogen-bond donors (Lipinski definition) is 1. The highest BCUT2D eigenvalue weighted by molar-refractivity contribution is 5.76. The molecule has 0 aromatic heterocycles. The van der Waals surface area contributed by atoms with Gasteiger partial charge in [-0.3, -0.25) is 4.79 Å². The van der Waals surface area contributed by atoms with E-state index in [1.54, 1.807) is 0 Å². The van der Waals surface area contributed by atoms with E-state index in [9.17, 15) is 9.90 Å². The predicted octanol–water partition coefficient (Wildman–Crippen LogP) is 1.33. The van der Waals surface area contributed by atoms with E-state index in [1.165, 1.54) is 6.08 Å². The Morgan fingerprint density at radius 3 is 2.71 bits per heavy atom. The maximum Gasteiger partial charge on any atom is 0.222 e. The van der Waals surface area contributed by atoms with Gasteiger partial charge < -0.3 is 10.0 Å². The number of aliphatic hydroxyl groups is 1. The zero-order chi connectivity index (χ0) is 10.4. The second-order valence-electron chi connectivity index (χ2n) is 3.78. The monoisotopic (exact) mass is 197 g/mol. The molecule has 1 rings (SSSR count). The van der Waals surface area contributed by atoms with E-state index in [1.807, 2.05) is 4.90 Å². The van der Waals surface area contributed by atoms with Crippen molar-refractivity contribution in [2.45, 2.75) is 38.2 Å². The number of carbonyl (C=O) groups excluding carboxylic acids is 1. The van der Waals surface area contributed by atoms with Crippen LogP contribution in [-0.4, -0.2) is 35.1 Å². The summed E-state index contributed by atoms with van der Waals surface area (Å²) >= 11 is 0. The highest BCUT2D eigenvalue weighted by atomic mass is 16.3. The normalized spacial score (nSPS) is 18.2. The van der Waals surface area contributed by atoms with Gasteiger partial charge in [-0.15, -0.1) is 6.58 Å². The van der Waals surface area contributed by atoms with Crippen LogP contribution in [0.25, 0.3) is 0 Å². The summed E-state index contributed by atoms with van der Waals surface area (Å²) in [5, 5.41) is 9.19. The molecule has 14 heavy (non-hydrogen) atoms. The molecular formula is C11H19NO2. The molecule has 0 radical (unpaired) electrons. The molecule has 1 aliphatic heterocycles. The van der Waals surface area contributed by atoms with Crippen molar-refractivity contribution in [1.82, 2.24) is 4.90 Å². The van der Waals surface area contributed by atoms with Gasteiger partial charge in [-0.05, 0) is 25.7 Å². The van der Waals surface area contributed by atoms with Crippen LogP contribution in [0, 0.1) is 0 Å². The molecule has 0 aromatic rings. The Kier molecular flexibility index (Phi) is 4.66. The average Bonchev–Trinajstić information content (AvgIpc) is 2.70. The predicted molar refractivity (Wildman–Crippen MR) is 55.9 cm³/mol. The van der Waals surface area contributed by atoms with Crippen LogP contribution in [0.15, 0.2) is 12.7 Å². The molecule has 80 valence electrons. The van der Waals surface area contributed by atoms with E-state index in [2.05, 4.69) is 6.58 Å². The first-order chi connectivity index (χ1) is 6.74. The van der Waals surface area contributed by atoms with E-state index < -0.39 is 6.10 Å². The first-order valence-electron chi connectivity index (χ1n) is 5.32.